The van der Waals surface area contributed by atoms with E-state index in [0.29, 0.717) is 43.9 Å². The molecule has 0 fully saturated rings. The van der Waals surface area contributed by atoms with Crippen molar-refractivity contribution in [2.24, 2.45) is 22.9 Å². The number of para-hydroxylation sites is 1. The van der Waals surface area contributed by atoms with E-state index in [-0.39, 0.29) is 12.3 Å². The molecule has 8 heteroatoms. The van der Waals surface area contributed by atoms with Crippen molar-refractivity contribution in [3.05, 3.63) is 29.3 Å². The van der Waals surface area contributed by atoms with Gasteiger partial charge in [-0.1, -0.05) is 12.1 Å². The standard InChI is InChI=1S/C19H36N6O2/c20-8-2-12-24-17(6-10-22)16-5-1-4-15(14-26)19(16)27-18(7-11-23)25-13-3-9-21/h1,4-5,14,17-18,24-25H,2-3,6-13,20-23H2. The fraction of sp³-hybridized carbons (Fsp3) is 0.632. The van der Waals surface area contributed by atoms with Crippen molar-refractivity contribution in [1.82, 2.24) is 10.6 Å². The van der Waals surface area contributed by atoms with E-state index in [1.165, 1.54) is 0 Å². The van der Waals surface area contributed by atoms with Gasteiger partial charge in [0, 0.05) is 18.0 Å². The highest BCUT2D eigenvalue weighted by Gasteiger charge is 2.21. The Morgan fingerprint density at radius 1 is 0.926 bits per heavy atom. The monoisotopic (exact) mass is 380 g/mol. The summed E-state index contributed by atoms with van der Waals surface area (Å²) in [6, 6.07) is 5.57. The molecule has 0 radical (unpaired) electrons. The van der Waals surface area contributed by atoms with E-state index < -0.39 is 0 Å². The lowest BCUT2D eigenvalue weighted by atomic mass is 9.99. The van der Waals surface area contributed by atoms with Crippen molar-refractivity contribution >= 4 is 6.29 Å². The molecule has 0 aromatic heterocycles. The number of carbonyl (C=O) groups excluding carboxylic acids is 1. The van der Waals surface area contributed by atoms with Crippen LogP contribution in [0.2, 0.25) is 0 Å². The second-order valence-corrected chi connectivity index (χ2v) is 6.39. The van der Waals surface area contributed by atoms with Crippen molar-refractivity contribution < 1.29 is 9.53 Å². The molecule has 0 aliphatic heterocycles. The summed E-state index contributed by atoms with van der Waals surface area (Å²) in [5.41, 5.74) is 24.1. The molecule has 0 aliphatic carbocycles. The average Bonchev–Trinajstić information content (AvgIpc) is 2.68. The number of ether oxygens (including phenoxy) is 1. The second kappa shape index (κ2) is 14.5. The Hall–Kier alpha value is -1.55. The van der Waals surface area contributed by atoms with E-state index in [4.69, 9.17) is 27.7 Å². The first-order valence-electron chi connectivity index (χ1n) is 9.73. The molecule has 1 aromatic rings. The van der Waals surface area contributed by atoms with E-state index in [1.807, 2.05) is 12.1 Å². The molecule has 0 aliphatic rings. The van der Waals surface area contributed by atoms with E-state index in [0.717, 1.165) is 44.2 Å². The molecule has 2 atom stereocenters. The number of carbonyl (C=O) groups is 1. The first kappa shape index (κ1) is 23.5. The Balaban J connectivity index is 3.07. The Labute approximate surface area is 162 Å². The van der Waals surface area contributed by atoms with E-state index in [2.05, 4.69) is 10.6 Å². The molecule has 0 saturated carbocycles. The maximum Gasteiger partial charge on any atom is 0.153 e. The summed E-state index contributed by atoms with van der Waals surface area (Å²) in [6.45, 7) is 3.70. The van der Waals surface area contributed by atoms with Crippen LogP contribution in [-0.2, 0) is 0 Å². The number of aldehydes is 1. The topological polar surface area (TPSA) is 154 Å². The maximum atomic E-state index is 11.6. The van der Waals surface area contributed by atoms with Crippen LogP contribution >= 0.6 is 0 Å². The van der Waals surface area contributed by atoms with Crippen LogP contribution in [0.15, 0.2) is 18.2 Å². The summed E-state index contributed by atoms with van der Waals surface area (Å²) in [7, 11) is 0. The van der Waals surface area contributed by atoms with Gasteiger partial charge < -0.3 is 33.0 Å². The summed E-state index contributed by atoms with van der Waals surface area (Å²) < 4.78 is 6.22. The van der Waals surface area contributed by atoms with Gasteiger partial charge in [-0.2, -0.15) is 0 Å². The smallest absolute Gasteiger partial charge is 0.153 e. The van der Waals surface area contributed by atoms with Gasteiger partial charge in [0.15, 0.2) is 12.5 Å². The van der Waals surface area contributed by atoms with Crippen LogP contribution < -0.4 is 38.3 Å². The van der Waals surface area contributed by atoms with Crippen molar-refractivity contribution in [2.45, 2.75) is 38.0 Å². The summed E-state index contributed by atoms with van der Waals surface area (Å²) >= 11 is 0. The molecule has 1 aromatic carbocycles. The van der Waals surface area contributed by atoms with Crippen molar-refractivity contribution in [3.8, 4) is 5.75 Å². The van der Waals surface area contributed by atoms with Gasteiger partial charge in [-0.15, -0.1) is 0 Å². The lowest BCUT2D eigenvalue weighted by Crippen LogP contribution is -2.38. The molecule has 0 bridgehead atoms. The van der Waals surface area contributed by atoms with Gasteiger partial charge in [0.05, 0.1) is 5.56 Å². The van der Waals surface area contributed by atoms with Crippen molar-refractivity contribution in [3.63, 3.8) is 0 Å². The Bertz CT molecular complexity index is 529. The van der Waals surface area contributed by atoms with Crippen LogP contribution in [0.3, 0.4) is 0 Å². The number of rotatable bonds is 16. The van der Waals surface area contributed by atoms with E-state index in [1.54, 1.807) is 6.07 Å². The largest absolute Gasteiger partial charge is 0.474 e. The zero-order valence-electron chi connectivity index (χ0n) is 16.2. The van der Waals surface area contributed by atoms with Crippen LogP contribution in [0.5, 0.6) is 5.75 Å². The number of hydrogen-bond acceptors (Lipinski definition) is 8. The van der Waals surface area contributed by atoms with Gasteiger partial charge in [0.25, 0.3) is 0 Å². The minimum Gasteiger partial charge on any atom is -0.474 e. The number of hydrogen-bond donors (Lipinski definition) is 6. The summed E-state index contributed by atoms with van der Waals surface area (Å²) in [5, 5.41) is 6.78. The zero-order chi connectivity index (χ0) is 19.9. The van der Waals surface area contributed by atoms with Crippen LogP contribution in [0.1, 0.15) is 47.6 Å². The maximum absolute atomic E-state index is 11.6. The molecule has 0 heterocycles. The molecule has 0 amide bonds. The first-order chi connectivity index (χ1) is 13.2. The molecule has 2 unspecified atom stereocenters. The number of nitrogens with two attached hydrogens (primary N) is 4. The molecule has 1 rings (SSSR count). The molecular weight excluding hydrogens is 344 g/mol. The zero-order valence-corrected chi connectivity index (χ0v) is 16.2. The van der Waals surface area contributed by atoms with E-state index >= 15 is 0 Å². The molecule has 0 saturated heterocycles. The third kappa shape index (κ3) is 8.34. The summed E-state index contributed by atoms with van der Waals surface area (Å²) in [5.74, 6) is 0.574. The number of benzene rings is 1. The van der Waals surface area contributed by atoms with Gasteiger partial charge in [0.2, 0.25) is 0 Å². The lowest BCUT2D eigenvalue weighted by molar-refractivity contribution is 0.110. The molecule has 10 N–H and O–H groups in total. The highest BCUT2D eigenvalue weighted by molar-refractivity contribution is 5.80. The van der Waals surface area contributed by atoms with Crippen LogP contribution in [0, 0.1) is 0 Å². The van der Waals surface area contributed by atoms with Crippen LogP contribution in [-0.4, -0.2) is 51.8 Å². The average molecular weight is 381 g/mol. The van der Waals surface area contributed by atoms with E-state index in [9.17, 15) is 4.79 Å². The highest BCUT2D eigenvalue weighted by atomic mass is 16.5. The molecular formula is C19H36N6O2. The predicted molar refractivity (Wildman–Crippen MR) is 110 cm³/mol. The fourth-order valence-corrected chi connectivity index (χ4v) is 2.85. The quantitative estimate of drug-likeness (QED) is 0.131. The lowest BCUT2D eigenvalue weighted by Gasteiger charge is -2.26. The fourth-order valence-electron chi connectivity index (χ4n) is 2.85. The van der Waals surface area contributed by atoms with Crippen molar-refractivity contribution in [1.29, 1.82) is 0 Å². The van der Waals surface area contributed by atoms with Gasteiger partial charge in [0.1, 0.15) is 5.75 Å². The van der Waals surface area contributed by atoms with Gasteiger partial charge >= 0.3 is 0 Å². The normalized spacial score (nSPS) is 13.3. The third-order valence-electron chi connectivity index (χ3n) is 4.25. The summed E-state index contributed by atoms with van der Waals surface area (Å²) in [4.78, 5) is 11.6. The Morgan fingerprint density at radius 3 is 2.19 bits per heavy atom. The highest BCUT2D eigenvalue weighted by Crippen LogP contribution is 2.31. The SMILES string of the molecule is NCCCNC(CCN)Oc1c(C=O)cccc1C(CCN)NCCCN. The molecule has 8 nitrogen and oxygen atoms in total. The minimum atomic E-state index is -0.288. The third-order valence-corrected chi connectivity index (χ3v) is 4.25. The van der Waals surface area contributed by atoms with Crippen molar-refractivity contribution in [2.75, 3.05) is 39.3 Å². The van der Waals surface area contributed by atoms with Gasteiger partial charge in [-0.25, -0.2) is 0 Å². The van der Waals surface area contributed by atoms with Crippen LogP contribution in [0.25, 0.3) is 0 Å². The summed E-state index contributed by atoms with van der Waals surface area (Å²) in [6.07, 6.45) is 3.58. The predicted octanol–water partition coefficient (Wildman–Crippen LogP) is -0.180. The van der Waals surface area contributed by atoms with Gasteiger partial charge in [-0.05, 0) is 64.6 Å². The Kier molecular flexibility index (Phi) is 12.6. The number of nitrogens with one attached hydrogen (secondary N) is 2. The molecule has 0 spiro atoms. The second-order valence-electron chi connectivity index (χ2n) is 6.39. The minimum absolute atomic E-state index is 0.0148. The molecule has 154 valence electrons. The first-order valence-corrected chi connectivity index (χ1v) is 9.73. The molecule has 27 heavy (non-hydrogen) atoms. The van der Waals surface area contributed by atoms with Crippen LogP contribution in [0.4, 0.5) is 0 Å². The van der Waals surface area contributed by atoms with Gasteiger partial charge in [-0.3, -0.25) is 10.1 Å². The Morgan fingerprint density at radius 2 is 1.59 bits per heavy atom.